The van der Waals surface area contributed by atoms with Crippen LogP contribution in [0, 0.1) is 5.41 Å². The smallest absolute Gasteiger partial charge is 0.234 e. The van der Waals surface area contributed by atoms with Crippen LogP contribution in [0.3, 0.4) is 0 Å². The van der Waals surface area contributed by atoms with Gasteiger partial charge in [-0.1, -0.05) is 11.6 Å². The SMILES string of the molecule is COc1cc(Cl)nc(NC(=O)C2(C)CCNC2)n1. The summed E-state index contributed by atoms with van der Waals surface area (Å²) in [5.41, 5.74) is -0.432. The molecule has 6 nitrogen and oxygen atoms in total. The summed E-state index contributed by atoms with van der Waals surface area (Å²) in [6.07, 6.45) is 0.788. The highest BCUT2D eigenvalue weighted by Gasteiger charge is 2.36. The number of hydrogen-bond donors (Lipinski definition) is 2. The number of aromatic nitrogens is 2. The summed E-state index contributed by atoms with van der Waals surface area (Å²) in [6.45, 7) is 3.39. The minimum Gasteiger partial charge on any atom is -0.481 e. The second kappa shape index (κ2) is 5.07. The molecule has 1 aliphatic heterocycles. The fraction of sp³-hybridized carbons (Fsp3) is 0.545. The number of nitrogens with zero attached hydrogens (tertiary/aromatic N) is 2. The van der Waals surface area contributed by atoms with Crippen LogP contribution >= 0.6 is 11.6 Å². The molecule has 1 aliphatic rings. The third kappa shape index (κ3) is 2.70. The van der Waals surface area contributed by atoms with Crippen molar-refractivity contribution in [1.29, 1.82) is 0 Å². The first-order chi connectivity index (χ1) is 8.53. The fourth-order valence-corrected chi connectivity index (χ4v) is 1.99. The highest BCUT2D eigenvalue weighted by molar-refractivity contribution is 6.29. The number of hydrogen-bond acceptors (Lipinski definition) is 5. The van der Waals surface area contributed by atoms with Crippen LogP contribution in [0.5, 0.6) is 5.88 Å². The highest BCUT2D eigenvalue weighted by Crippen LogP contribution is 2.26. The lowest BCUT2D eigenvalue weighted by Crippen LogP contribution is -2.35. The van der Waals surface area contributed by atoms with E-state index in [0.29, 0.717) is 12.4 Å². The molecule has 0 spiro atoms. The van der Waals surface area contributed by atoms with Gasteiger partial charge < -0.3 is 10.1 Å². The minimum atomic E-state index is -0.432. The zero-order chi connectivity index (χ0) is 13.2. The molecule has 0 radical (unpaired) electrons. The number of nitrogens with one attached hydrogen (secondary N) is 2. The quantitative estimate of drug-likeness (QED) is 0.804. The number of carbonyl (C=O) groups excluding carboxylic acids is 1. The van der Waals surface area contributed by atoms with Gasteiger partial charge >= 0.3 is 0 Å². The Kier molecular flexibility index (Phi) is 3.68. The molecular formula is C11H15ClN4O2. The summed E-state index contributed by atoms with van der Waals surface area (Å²) in [5, 5.41) is 6.06. The van der Waals surface area contributed by atoms with Gasteiger partial charge in [0.25, 0.3) is 0 Å². The maximum atomic E-state index is 12.1. The van der Waals surface area contributed by atoms with Crippen molar-refractivity contribution in [3.8, 4) is 5.88 Å². The van der Waals surface area contributed by atoms with E-state index in [1.165, 1.54) is 13.2 Å². The molecule has 98 valence electrons. The zero-order valence-electron chi connectivity index (χ0n) is 10.3. The molecule has 0 aliphatic carbocycles. The van der Waals surface area contributed by atoms with Gasteiger partial charge in [0.1, 0.15) is 5.15 Å². The van der Waals surface area contributed by atoms with Gasteiger partial charge in [-0.15, -0.1) is 0 Å². The molecule has 0 aromatic carbocycles. The number of halogens is 1. The largest absolute Gasteiger partial charge is 0.481 e. The Morgan fingerprint density at radius 2 is 2.39 bits per heavy atom. The number of methoxy groups -OCH3 is 1. The number of anilines is 1. The standard InChI is InChI=1S/C11H15ClN4O2/c1-11(3-4-13-6-11)9(17)16-10-14-7(12)5-8(15-10)18-2/h5,13H,3-4,6H2,1-2H3,(H,14,15,16,17). The second-order valence-corrected chi connectivity index (χ2v) is 4.89. The molecule has 7 heteroatoms. The van der Waals surface area contributed by atoms with Crippen LogP contribution in [0.4, 0.5) is 5.95 Å². The summed E-state index contributed by atoms with van der Waals surface area (Å²) in [4.78, 5) is 20.1. The molecule has 18 heavy (non-hydrogen) atoms. The van der Waals surface area contributed by atoms with E-state index in [0.717, 1.165) is 13.0 Å². The Bertz CT molecular complexity index is 460. The fourth-order valence-electron chi connectivity index (χ4n) is 1.82. The van der Waals surface area contributed by atoms with Gasteiger partial charge in [-0.05, 0) is 19.9 Å². The monoisotopic (exact) mass is 270 g/mol. The first-order valence-corrected chi connectivity index (χ1v) is 6.02. The van der Waals surface area contributed by atoms with Crippen LogP contribution in [0.2, 0.25) is 5.15 Å². The Balaban J connectivity index is 2.13. The lowest BCUT2D eigenvalue weighted by Gasteiger charge is -2.20. The maximum absolute atomic E-state index is 12.1. The Morgan fingerprint density at radius 3 is 3.00 bits per heavy atom. The van der Waals surface area contributed by atoms with Gasteiger partial charge in [0.15, 0.2) is 0 Å². The third-order valence-electron chi connectivity index (χ3n) is 3.02. The highest BCUT2D eigenvalue weighted by atomic mass is 35.5. The number of ether oxygens (including phenoxy) is 1. The molecule has 1 amide bonds. The van der Waals surface area contributed by atoms with Crippen molar-refractivity contribution in [3.63, 3.8) is 0 Å². The maximum Gasteiger partial charge on any atom is 0.234 e. The van der Waals surface area contributed by atoms with E-state index >= 15 is 0 Å². The summed E-state index contributed by atoms with van der Waals surface area (Å²) >= 11 is 5.81. The lowest BCUT2D eigenvalue weighted by molar-refractivity contribution is -0.123. The Labute approximate surface area is 110 Å². The molecule has 1 saturated heterocycles. The van der Waals surface area contributed by atoms with Crippen LogP contribution in [-0.4, -0.2) is 36.1 Å². The minimum absolute atomic E-state index is 0.114. The van der Waals surface area contributed by atoms with E-state index in [1.54, 1.807) is 0 Å². The van der Waals surface area contributed by atoms with Crippen molar-refractivity contribution < 1.29 is 9.53 Å². The normalized spacial score (nSPS) is 22.8. The molecule has 1 fully saturated rings. The van der Waals surface area contributed by atoms with Crippen molar-refractivity contribution in [1.82, 2.24) is 15.3 Å². The molecule has 1 aromatic rings. The summed E-state index contributed by atoms with van der Waals surface area (Å²) in [7, 11) is 1.48. The van der Waals surface area contributed by atoms with Crippen LogP contribution in [-0.2, 0) is 4.79 Å². The van der Waals surface area contributed by atoms with Gasteiger partial charge in [-0.25, -0.2) is 4.98 Å². The molecule has 1 atom stereocenters. The molecular weight excluding hydrogens is 256 g/mol. The van der Waals surface area contributed by atoms with Crippen molar-refractivity contribution in [2.45, 2.75) is 13.3 Å². The van der Waals surface area contributed by atoms with Crippen LogP contribution in [0.1, 0.15) is 13.3 Å². The first kappa shape index (κ1) is 13.0. The van der Waals surface area contributed by atoms with Crippen molar-refractivity contribution in [3.05, 3.63) is 11.2 Å². The lowest BCUT2D eigenvalue weighted by atomic mass is 9.89. The predicted octanol–water partition coefficient (Wildman–Crippen LogP) is 1.08. The van der Waals surface area contributed by atoms with Crippen LogP contribution in [0.25, 0.3) is 0 Å². The predicted molar refractivity (Wildman–Crippen MR) is 67.8 cm³/mol. The van der Waals surface area contributed by atoms with E-state index < -0.39 is 5.41 Å². The van der Waals surface area contributed by atoms with Gasteiger partial charge in [0, 0.05) is 12.6 Å². The Hall–Kier alpha value is -1.40. The Morgan fingerprint density at radius 1 is 1.61 bits per heavy atom. The van der Waals surface area contributed by atoms with Gasteiger partial charge in [-0.3, -0.25) is 10.1 Å². The van der Waals surface area contributed by atoms with Crippen molar-refractivity contribution >= 4 is 23.5 Å². The molecule has 2 rings (SSSR count). The number of rotatable bonds is 3. The summed E-state index contributed by atoms with van der Waals surface area (Å²) < 4.78 is 4.97. The number of carbonyl (C=O) groups is 1. The van der Waals surface area contributed by atoms with Gasteiger partial charge in [0.2, 0.25) is 17.7 Å². The van der Waals surface area contributed by atoms with Crippen LogP contribution in [0.15, 0.2) is 6.07 Å². The molecule has 2 N–H and O–H groups in total. The van der Waals surface area contributed by atoms with E-state index in [4.69, 9.17) is 16.3 Å². The zero-order valence-corrected chi connectivity index (χ0v) is 11.0. The second-order valence-electron chi connectivity index (χ2n) is 4.50. The first-order valence-electron chi connectivity index (χ1n) is 5.64. The molecule has 1 unspecified atom stereocenters. The molecule has 2 heterocycles. The average Bonchev–Trinajstić information content (AvgIpc) is 2.76. The van der Waals surface area contributed by atoms with Crippen molar-refractivity contribution in [2.24, 2.45) is 5.41 Å². The van der Waals surface area contributed by atoms with E-state index in [9.17, 15) is 4.79 Å². The molecule has 0 saturated carbocycles. The number of amides is 1. The summed E-state index contributed by atoms with van der Waals surface area (Å²) in [5.74, 6) is 0.370. The van der Waals surface area contributed by atoms with E-state index in [1.807, 2.05) is 6.92 Å². The molecule has 0 bridgehead atoms. The third-order valence-corrected chi connectivity index (χ3v) is 3.22. The van der Waals surface area contributed by atoms with Gasteiger partial charge in [0.05, 0.1) is 12.5 Å². The van der Waals surface area contributed by atoms with E-state index in [2.05, 4.69) is 20.6 Å². The summed E-state index contributed by atoms with van der Waals surface area (Å²) in [6, 6.07) is 1.48. The topological polar surface area (TPSA) is 76.1 Å². The van der Waals surface area contributed by atoms with Crippen molar-refractivity contribution in [2.75, 3.05) is 25.5 Å². The van der Waals surface area contributed by atoms with E-state index in [-0.39, 0.29) is 17.0 Å². The van der Waals surface area contributed by atoms with Crippen LogP contribution < -0.4 is 15.4 Å². The average molecular weight is 271 g/mol. The van der Waals surface area contributed by atoms with Gasteiger partial charge in [-0.2, -0.15) is 4.98 Å². The molecule has 1 aromatic heterocycles.